The Morgan fingerprint density at radius 1 is 0.362 bits per heavy atom. The number of hydrogen-bond donors (Lipinski definition) is 0. The summed E-state index contributed by atoms with van der Waals surface area (Å²) in [4.78, 5) is 15.7. The van der Waals surface area contributed by atoms with Gasteiger partial charge in [0.15, 0.2) is 11.6 Å². The molecule has 0 radical (unpaired) electrons. The van der Waals surface area contributed by atoms with Gasteiger partial charge in [-0.2, -0.15) is 9.97 Å². The van der Waals surface area contributed by atoms with E-state index in [1.807, 2.05) is 6.07 Å². The molecule has 0 atom stereocenters. The molecule has 7 aromatic carbocycles. The third-order valence-electron chi connectivity index (χ3n) is 8.86. The van der Waals surface area contributed by atoms with Crippen molar-refractivity contribution >= 4 is 32.6 Å². The minimum absolute atomic E-state index is 0.585. The van der Waals surface area contributed by atoms with Crippen molar-refractivity contribution in [1.82, 2.24) is 19.5 Å². The highest BCUT2D eigenvalue weighted by Crippen LogP contribution is 2.37. The van der Waals surface area contributed by atoms with Crippen LogP contribution in [0.2, 0.25) is 0 Å². The average Bonchev–Trinajstić information content (AvgIpc) is 3.49. The second kappa shape index (κ2) is 11.2. The Labute approximate surface area is 272 Å². The Bertz CT molecular complexity index is 2510. The summed E-state index contributed by atoms with van der Waals surface area (Å²) in [6, 6.07) is 59.1. The van der Waals surface area contributed by atoms with Crippen LogP contribution in [0.1, 0.15) is 0 Å². The number of aromatic nitrogens is 4. The lowest BCUT2D eigenvalue weighted by molar-refractivity contribution is 0.954. The summed E-state index contributed by atoms with van der Waals surface area (Å²) in [5, 5.41) is 4.57. The van der Waals surface area contributed by atoms with Crippen molar-refractivity contribution < 1.29 is 0 Å². The van der Waals surface area contributed by atoms with E-state index in [1.165, 1.54) is 0 Å². The molecule has 9 rings (SSSR count). The van der Waals surface area contributed by atoms with Gasteiger partial charge in [-0.05, 0) is 45.8 Å². The number of para-hydroxylation sites is 2. The van der Waals surface area contributed by atoms with Crippen molar-refractivity contribution in [3.8, 4) is 51.0 Å². The van der Waals surface area contributed by atoms with Gasteiger partial charge in [0, 0.05) is 27.3 Å². The molecule has 0 amide bonds. The molecule has 4 heteroatoms. The van der Waals surface area contributed by atoms with E-state index >= 15 is 0 Å². The minimum atomic E-state index is 0.585. The van der Waals surface area contributed by atoms with Crippen LogP contribution in [0.25, 0.3) is 83.6 Å². The number of hydrogen-bond acceptors (Lipinski definition) is 3. The average molecular weight is 601 g/mol. The van der Waals surface area contributed by atoms with E-state index in [0.717, 1.165) is 66.0 Å². The maximum atomic E-state index is 5.28. The van der Waals surface area contributed by atoms with Crippen LogP contribution < -0.4 is 0 Å². The number of nitrogens with zero attached hydrogens (tertiary/aromatic N) is 4. The van der Waals surface area contributed by atoms with Crippen molar-refractivity contribution in [2.45, 2.75) is 0 Å². The highest BCUT2D eigenvalue weighted by atomic mass is 15.2. The fraction of sp³-hybridized carbons (Fsp3) is 0. The SMILES string of the molecule is c1ccc(-c2cccc(-c3nc(-c4cccc5cccc(-c6ccccc6)c45)nc(-n4c5ccccc5c5ccccc54)n3)c2)cc1. The van der Waals surface area contributed by atoms with E-state index in [1.54, 1.807) is 0 Å². The summed E-state index contributed by atoms with van der Waals surface area (Å²) < 4.78 is 2.17. The molecule has 0 aliphatic rings. The number of rotatable bonds is 5. The van der Waals surface area contributed by atoms with E-state index in [0.29, 0.717) is 17.6 Å². The zero-order valence-electron chi connectivity index (χ0n) is 25.5. The topological polar surface area (TPSA) is 43.6 Å². The predicted molar refractivity (Wildman–Crippen MR) is 193 cm³/mol. The monoisotopic (exact) mass is 600 g/mol. The Morgan fingerprint density at radius 3 is 1.60 bits per heavy atom. The minimum Gasteiger partial charge on any atom is -0.278 e. The van der Waals surface area contributed by atoms with E-state index < -0.39 is 0 Å². The van der Waals surface area contributed by atoms with Crippen LogP contribution >= 0.6 is 0 Å². The molecule has 0 saturated carbocycles. The van der Waals surface area contributed by atoms with Gasteiger partial charge < -0.3 is 0 Å². The van der Waals surface area contributed by atoms with Gasteiger partial charge in [-0.3, -0.25) is 4.57 Å². The fourth-order valence-electron chi connectivity index (χ4n) is 6.71. The second-order valence-electron chi connectivity index (χ2n) is 11.7. The van der Waals surface area contributed by atoms with Crippen LogP contribution in [0, 0.1) is 0 Å². The Balaban J connectivity index is 1.35. The molecule has 2 aromatic heterocycles. The van der Waals surface area contributed by atoms with Gasteiger partial charge in [-0.1, -0.05) is 152 Å². The quantitative estimate of drug-likeness (QED) is 0.197. The van der Waals surface area contributed by atoms with Gasteiger partial charge in [0.25, 0.3) is 0 Å². The van der Waals surface area contributed by atoms with Crippen molar-refractivity contribution in [3.05, 3.63) is 170 Å². The standard InChI is InChI=1S/C43H28N4/c1-3-14-29(15-4-1)32-20-11-21-33(28-32)41-44-42(37-25-13-19-31-18-12-24-34(40(31)37)30-16-5-2-6-17-30)46-43(45-41)47-38-26-9-7-22-35(38)36-23-8-10-27-39(36)47/h1-28H. The maximum Gasteiger partial charge on any atom is 0.238 e. The molecule has 0 fully saturated rings. The molecule has 4 nitrogen and oxygen atoms in total. The van der Waals surface area contributed by atoms with Gasteiger partial charge in [0.1, 0.15) is 0 Å². The van der Waals surface area contributed by atoms with Gasteiger partial charge in [0.2, 0.25) is 5.95 Å². The number of fused-ring (bicyclic) bond motifs is 4. The normalized spacial score (nSPS) is 11.4. The largest absolute Gasteiger partial charge is 0.278 e. The zero-order chi connectivity index (χ0) is 31.2. The molecule has 220 valence electrons. The third kappa shape index (κ3) is 4.66. The van der Waals surface area contributed by atoms with Crippen LogP contribution in [0.4, 0.5) is 0 Å². The van der Waals surface area contributed by atoms with E-state index in [2.05, 4.69) is 168 Å². The molecule has 0 unspecified atom stereocenters. The van der Waals surface area contributed by atoms with Gasteiger partial charge in [0.05, 0.1) is 11.0 Å². The lowest BCUT2D eigenvalue weighted by Gasteiger charge is -2.14. The number of benzene rings is 7. The van der Waals surface area contributed by atoms with Crippen molar-refractivity contribution in [2.75, 3.05) is 0 Å². The molecule has 0 aliphatic heterocycles. The smallest absolute Gasteiger partial charge is 0.238 e. The summed E-state index contributed by atoms with van der Waals surface area (Å²) in [7, 11) is 0. The van der Waals surface area contributed by atoms with E-state index in [9.17, 15) is 0 Å². The zero-order valence-corrected chi connectivity index (χ0v) is 25.5. The molecular formula is C43H28N4. The molecule has 9 aromatic rings. The molecule has 0 aliphatic carbocycles. The molecule has 0 N–H and O–H groups in total. The Hall–Kier alpha value is -6.39. The summed E-state index contributed by atoms with van der Waals surface area (Å²) in [6.45, 7) is 0. The van der Waals surface area contributed by atoms with Crippen LogP contribution in [-0.2, 0) is 0 Å². The van der Waals surface area contributed by atoms with Crippen molar-refractivity contribution in [2.24, 2.45) is 0 Å². The first kappa shape index (κ1) is 27.0. The lowest BCUT2D eigenvalue weighted by Crippen LogP contribution is -2.06. The highest BCUT2D eigenvalue weighted by Gasteiger charge is 2.19. The molecule has 0 spiro atoms. The van der Waals surface area contributed by atoms with Gasteiger partial charge in [-0.25, -0.2) is 4.98 Å². The predicted octanol–water partition coefficient (Wildman–Crippen LogP) is 10.8. The first-order chi connectivity index (χ1) is 23.3. The third-order valence-corrected chi connectivity index (χ3v) is 8.86. The molecule has 2 heterocycles. The molecule has 0 bridgehead atoms. The van der Waals surface area contributed by atoms with Crippen LogP contribution in [0.15, 0.2) is 170 Å². The van der Waals surface area contributed by atoms with Crippen molar-refractivity contribution in [1.29, 1.82) is 0 Å². The van der Waals surface area contributed by atoms with Crippen molar-refractivity contribution in [3.63, 3.8) is 0 Å². The summed E-state index contributed by atoms with van der Waals surface area (Å²) in [6.07, 6.45) is 0. The first-order valence-corrected chi connectivity index (χ1v) is 15.8. The lowest BCUT2D eigenvalue weighted by atomic mass is 9.94. The summed E-state index contributed by atoms with van der Waals surface area (Å²) in [5.74, 6) is 1.84. The molecule has 47 heavy (non-hydrogen) atoms. The summed E-state index contributed by atoms with van der Waals surface area (Å²) in [5.41, 5.74) is 8.55. The second-order valence-corrected chi connectivity index (χ2v) is 11.7. The Morgan fingerprint density at radius 2 is 0.894 bits per heavy atom. The highest BCUT2D eigenvalue weighted by molar-refractivity contribution is 6.09. The van der Waals surface area contributed by atoms with E-state index in [4.69, 9.17) is 15.0 Å². The molecular weight excluding hydrogens is 573 g/mol. The van der Waals surface area contributed by atoms with Gasteiger partial charge in [-0.15, -0.1) is 0 Å². The fourth-order valence-corrected chi connectivity index (χ4v) is 6.71. The van der Waals surface area contributed by atoms with Crippen LogP contribution in [-0.4, -0.2) is 19.5 Å². The Kier molecular flexibility index (Phi) is 6.43. The van der Waals surface area contributed by atoms with Gasteiger partial charge >= 0.3 is 0 Å². The first-order valence-electron chi connectivity index (χ1n) is 15.8. The van der Waals surface area contributed by atoms with Crippen LogP contribution in [0.3, 0.4) is 0 Å². The van der Waals surface area contributed by atoms with E-state index in [-0.39, 0.29) is 0 Å². The van der Waals surface area contributed by atoms with Crippen LogP contribution in [0.5, 0.6) is 0 Å². The molecule has 0 saturated heterocycles. The maximum absolute atomic E-state index is 5.28. The summed E-state index contributed by atoms with van der Waals surface area (Å²) >= 11 is 0.